The van der Waals surface area contributed by atoms with Crippen LogP contribution in [0, 0.1) is 0 Å². The van der Waals surface area contributed by atoms with Gasteiger partial charge >= 0.3 is 0 Å². The number of hydrogen-bond acceptors (Lipinski definition) is 0. The minimum atomic E-state index is -2.38. The lowest BCUT2D eigenvalue weighted by Gasteiger charge is -2.53. The molecule has 184 valence electrons. The van der Waals surface area contributed by atoms with Crippen LogP contribution in [0.15, 0.2) is 164 Å². The van der Waals surface area contributed by atoms with E-state index in [1.165, 1.54) is 49.3 Å². The molecule has 3 aliphatic heterocycles. The summed E-state index contributed by atoms with van der Waals surface area (Å²) in [7, 11) is -2.38. The van der Waals surface area contributed by atoms with Gasteiger partial charge in [-0.15, -0.1) is 0 Å². The predicted octanol–water partition coefficient (Wildman–Crippen LogP) is 7.78. The van der Waals surface area contributed by atoms with Crippen LogP contribution >= 0.6 is 7.26 Å². The van der Waals surface area contributed by atoms with Gasteiger partial charge in [-0.3, -0.25) is 0 Å². The number of hydrogen-bond donors (Lipinski definition) is 0. The van der Waals surface area contributed by atoms with Crippen LogP contribution in [0.3, 0.4) is 0 Å². The van der Waals surface area contributed by atoms with Crippen molar-refractivity contribution in [1.82, 2.24) is 0 Å². The first kappa shape index (κ1) is 22.7. The Morgan fingerprint density at radius 3 is 0.949 bits per heavy atom. The first-order valence-electron chi connectivity index (χ1n) is 13.7. The summed E-state index contributed by atoms with van der Waals surface area (Å²) in [5, 5.41) is 4.13. The van der Waals surface area contributed by atoms with E-state index in [-0.39, 0.29) is 5.92 Å². The zero-order valence-corrected chi connectivity index (χ0v) is 22.5. The van der Waals surface area contributed by atoms with E-state index < -0.39 is 12.4 Å². The van der Waals surface area contributed by atoms with Crippen LogP contribution in [0.5, 0.6) is 0 Å². The zero-order chi connectivity index (χ0) is 25.9. The van der Waals surface area contributed by atoms with Gasteiger partial charge in [0.05, 0.1) is 0 Å². The molecule has 3 heterocycles. The molecule has 0 aromatic heterocycles. The van der Waals surface area contributed by atoms with Gasteiger partial charge in [0.1, 0.15) is 23.2 Å². The van der Waals surface area contributed by atoms with Crippen LogP contribution in [-0.4, -0.2) is 0 Å². The molecule has 0 N–H and O–H groups in total. The molecule has 0 aliphatic carbocycles. The summed E-state index contributed by atoms with van der Waals surface area (Å²) in [6.07, 6.45) is 0. The monoisotopic (exact) mass is 515 g/mol. The van der Waals surface area contributed by atoms with Crippen molar-refractivity contribution in [2.75, 3.05) is 0 Å². The van der Waals surface area contributed by atoms with E-state index >= 15 is 0 Å². The van der Waals surface area contributed by atoms with Crippen molar-refractivity contribution < 1.29 is 0 Å². The lowest BCUT2D eigenvalue weighted by atomic mass is 9.82. The SMILES string of the molecule is c1ccc(C(c2ccccc2)(c2ccccc2)[P+]23c4ccccc4C(c4ccccc42)c2ccccc23)cc1. The molecular weight excluding hydrogens is 487 g/mol. The van der Waals surface area contributed by atoms with Crippen molar-refractivity contribution >= 4 is 23.2 Å². The molecule has 0 spiro atoms. The summed E-state index contributed by atoms with van der Waals surface area (Å²) in [6.45, 7) is 0. The molecule has 0 atom stereocenters. The average molecular weight is 516 g/mol. The minimum absolute atomic E-state index is 0.260. The van der Waals surface area contributed by atoms with E-state index in [9.17, 15) is 0 Å². The van der Waals surface area contributed by atoms with Gasteiger partial charge in [0.2, 0.25) is 0 Å². The highest BCUT2D eigenvalue weighted by Gasteiger charge is 2.71. The van der Waals surface area contributed by atoms with Gasteiger partial charge in [-0.05, 0) is 18.2 Å². The van der Waals surface area contributed by atoms with E-state index in [1.807, 2.05) is 0 Å². The molecule has 2 bridgehead atoms. The Morgan fingerprint density at radius 2 is 0.615 bits per heavy atom. The summed E-state index contributed by atoms with van der Waals surface area (Å²) >= 11 is 0. The molecule has 6 aromatic rings. The van der Waals surface area contributed by atoms with Crippen LogP contribution in [-0.2, 0) is 5.16 Å². The topological polar surface area (TPSA) is 0 Å². The summed E-state index contributed by atoms with van der Waals surface area (Å²) < 4.78 is 0. The van der Waals surface area contributed by atoms with Gasteiger partial charge in [-0.1, -0.05) is 146 Å². The Morgan fingerprint density at radius 1 is 0.333 bits per heavy atom. The molecule has 0 nitrogen and oxygen atoms in total. The Labute approximate surface area is 231 Å². The second-order valence-electron chi connectivity index (χ2n) is 10.6. The molecular formula is C38H28P+. The molecule has 6 aromatic carbocycles. The molecule has 39 heavy (non-hydrogen) atoms. The molecule has 1 heteroatoms. The van der Waals surface area contributed by atoms with Crippen molar-refractivity contribution in [2.45, 2.75) is 11.1 Å². The van der Waals surface area contributed by atoms with Crippen LogP contribution in [0.2, 0.25) is 0 Å². The summed E-state index contributed by atoms with van der Waals surface area (Å²) in [5.41, 5.74) is 8.43. The lowest BCUT2D eigenvalue weighted by molar-refractivity contribution is 0.864. The quantitative estimate of drug-likeness (QED) is 0.166. The smallest absolute Gasteiger partial charge is 0.0622 e. The fourth-order valence-electron chi connectivity index (χ4n) is 7.66. The van der Waals surface area contributed by atoms with Crippen molar-refractivity contribution in [2.24, 2.45) is 0 Å². The van der Waals surface area contributed by atoms with E-state index in [0.717, 1.165) is 0 Å². The van der Waals surface area contributed by atoms with Crippen LogP contribution in [0.25, 0.3) is 0 Å². The third-order valence-electron chi connectivity index (χ3n) is 8.91. The van der Waals surface area contributed by atoms with Crippen molar-refractivity contribution in [3.05, 3.63) is 197 Å². The predicted molar refractivity (Wildman–Crippen MR) is 165 cm³/mol. The zero-order valence-electron chi connectivity index (χ0n) is 21.6. The van der Waals surface area contributed by atoms with E-state index in [0.29, 0.717) is 0 Å². The first-order chi connectivity index (χ1) is 19.4. The lowest BCUT2D eigenvalue weighted by Crippen LogP contribution is -2.55. The standard InChI is InChI=1S/C38H28P/c1-4-16-28(17-5-1)38(29-18-6-2-7-19-29,30-20-8-3-9-21-30)39-34-25-13-10-22-31(34)37(32-23-11-14-26-35(32)39)33-24-12-15-27-36(33)39/h1-27,37H/q+1. The summed E-state index contributed by atoms with van der Waals surface area (Å²) in [6, 6.07) is 62.0. The molecule has 0 unspecified atom stereocenters. The van der Waals surface area contributed by atoms with Crippen molar-refractivity contribution in [3.63, 3.8) is 0 Å². The highest BCUT2D eigenvalue weighted by molar-refractivity contribution is 7.97. The van der Waals surface area contributed by atoms with Crippen LogP contribution in [0.1, 0.15) is 39.3 Å². The van der Waals surface area contributed by atoms with Crippen LogP contribution < -0.4 is 15.9 Å². The molecule has 0 saturated heterocycles. The van der Waals surface area contributed by atoms with Gasteiger partial charge in [0, 0.05) is 39.3 Å². The average Bonchev–Trinajstić information content (AvgIpc) is 3.03. The Kier molecular flexibility index (Phi) is 5.03. The third-order valence-corrected chi connectivity index (χ3v) is 14.1. The molecule has 0 fully saturated rings. The molecule has 9 rings (SSSR count). The second-order valence-corrected chi connectivity index (χ2v) is 14.0. The fraction of sp³-hybridized carbons (Fsp3) is 0.0526. The molecule has 3 aliphatic rings. The Balaban J connectivity index is 1.69. The Hall–Kier alpha value is -4.25. The van der Waals surface area contributed by atoms with E-state index in [4.69, 9.17) is 0 Å². The number of rotatable bonds is 4. The molecule has 0 amide bonds. The van der Waals surface area contributed by atoms with Gasteiger partial charge in [0.25, 0.3) is 0 Å². The largest absolute Gasteiger partial charge is 0.168 e. The molecule has 0 radical (unpaired) electrons. The highest BCUT2D eigenvalue weighted by atomic mass is 31.2. The first-order valence-corrected chi connectivity index (χ1v) is 15.5. The van der Waals surface area contributed by atoms with Gasteiger partial charge in [0.15, 0.2) is 5.16 Å². The maximum Gasteiger partial charge on any atom is 0.168 e. The third kappa shape index (κ3) is 2.82. The normalized spacial score (nSPS) is 18.6. The summed E-state index contributed by atoms with van der Waals surface area (Å²) in [5.74, 6) is 0.260. The van der Waals surface area contributed by atoms with Gasteiger partial charge < -0.3 is 0 Å². The van der Waals surface area contributed by atoms with E-state index in [2.05, 4.69) is 164 Å². The minimum Gasteiger partial charge on any atom is -0.0622 e. The molecule has 0 saturated carbocycles. The highest BCUT2D eigenvalue weighted by Crippen LogP contribution is 2.79. The van der Waals surface area contributed by atoms with Crippen LogP contribution in [0.4, 0.5) is 0 Å². The maximum absolute atomic E-state index is 2.45. The van der Waals surface area contributed by atoms with Gasteiger partial charge in [-0.2, -0.15) is 0 Å². The van der Waals surface area contributed by atoms with Crippen molar-refractivity contribution in [1.29, 1.82) is 0 Å². The fourth-order valence-corrected chi connectivity index (χ4v) is 13.8. The van der Waals surface area contributed by atoms with E-state index in [1.54, 1.807) is 0 Å². The van der Waals surface area contributed by atoms with Crippen molar-refractivity contribution in [3.8, 4) is 0 Å². The summed E-state index contributed by atoms with van der Waals surface area (Å²) in [4.78, 5) is 0. The van der Waals surface area contributed by atoms with Gasteiger partial charge in [-0.25, -0.2) is 0 Å². The maximum atomic E-state index is 2.45. The number of benzene rings is 6. The Bertz CT molecular complexity index is 1590. The second kappa shape index (κ2) is 8.63.